The first-order valence-corrected chi connectivity index (χ1v) is 24.1. The third kappa shape index (κ3) is 5.87. The van der Waals surface area contributed by atoms with Gasteiger partial charge in [0.15, 0.2) is 0 Å². The predicted octanol–water partition coefficient (Wildman–Crippen LogP) is 15.8. The second kappa shape index (κ2) is 14.7. The van der Waals surface area contributed by atoms with Crippen LogP contribution in [0.3, 0.4) is 0 Å². The number of nitrogen functional groups attached to an aromatic ring is 1. The second-order valence-corrected chi connectivity index (χ2v) is 21.3. The minimum Gasteiger partial charge on any atom is -0.398 e. The number of nitrogens with two attached hydrogens (primary N) is 1. The molecule has 0 radical (unpaired) electrons. The van der Waals surface area contributed by atoms with Gasteiger partial charge in [-0.25, -0.2) is 0 Å². The lowest BCUT2D eigenvalue weighted by molar-refractivity contribution is -0.0399. The van der Waals surface area contributed by atoms with Gasteiger partial charge in [-0.05, 0) is 205 Å². The largest absolute Gasteiger partial charge is 0.398 e. The summed E-state index contributed by atoms with van der Waals surface area (Å²) < 4.78 is 0. The average molecular weight is 860 g/mol. The Hall–Kier alpha value is -4.21. The van der Waals surface area contributed by atoms with E-state index >= 15 is 0 Å². The second-order valence-electron chi connectivity index (χ2n) is 20.0. The lowest BCUT2D eigenvalue weighted by atomic mass is 9.43. The molecule has 0 aliphatic heterocycles. The Labute approximate surface area is 376 Å². The third-order valence-corrected chi connectivity index (χ3v) is 18.0. The maximum Gasteiger partial charge on any atom is 0.0640 e. The first kappa shape index (κ1) is 38.5. The molecule has 0 saturated heterocycles. The van der Waals surface area contributed by atoms with Crippen molar-refractivity contribution in [1.82, 2.24) is 0 Å². The van der Waals surface area contributed by atoms with Gasteiger partial charge in [-0.2, -0.15) is 0 Å². The molecule has 61 heavy (non-hydrogen) atoms. The number of hydrogen-bond donors (Lipinski definition) is 2. The summed E-state index contributed by atoms with van der Waals surface area (Å²) in [4.78, 5) is 0. The molecule has 0 atom stereocenters. The summed E-state index contributed by atoms with van der Waals surface area (Å²) in [6.45, 7) is 0. The maximum absolute atomic E-state index is 6.46. The van der Waals surface area contributed by atoms with E-state index in [4.69, 9.17) is 40.5 Å². The molecule has 2 nitrogen and oxygen atoms in total. The molecule has 8 saturated carbocycles. The minimum atomic E-state index is 0.220. The molecule has 16 rings (SSSR count). The normalized spacial score (nSPS) is 31.7. The fraction of sp³-hybridized carbons (Fsp3) is 0.357. The highest BCUT2D eigenvalue weighted by molar-refractivity contribution is 6.33. The van der Waals surface area contributed by atoms with E-state index in [1.54, 1.807) is 34.4 Å². The van der Waals surface area contributed by atoms with Gasteiger partial charge in [-0.3, -0.25) is 0 Å². The number of anilines is 3. The number of para-hydroxylation sites is 2. The van der Waals surface area contributed by atoms with E-state index in [1.165, 1.54) is 86.5 Å². The van der Waals surface area contributed by atoms with Gasteiger partial charge in [0.25, 0.3) is 0 Å². The topological polar surface area (TPSA) is 38.0 Å². The van der Waals surface area contributed by atoms with E-state index in [0.717, 1.165) is 68.8 Å². The van der Waals surface area contributed by atoms with Crippen molar-refractivity contribution >= 4 is 51.9 Å². The Morgan fingerprint density at radius 3 is 1.33 bits per heavy atom. The van der Waals surface area contributed by atoms with Crippen molar-refractivity contribution in [2.24, 2.45) is 47.3 Å². The summed E-state index contributed by atoms with van der Waals surface area (Å²) in [6, 6.07) is 47.4. The number of rotatable bonds is 2. The first-order valence-electron chi connectivity index (χ1n) is 23.0. The van der Waals surface area contributed by atoms with Gasteiger partial charge in [-0.1, -0.05) is 120 Å². The minimum absolute atomic E-state index is 0.220. The number of benzene rings is 6. The molecule has 308 valence electrons. The fourth-order valence-corrected chi connectivity index (χ4v) is 16.0. The van der Waals surface area contributed by atoms with Gasteiger partial charge in [0, 0.05) is 21.5 Å². The predicted molar refractivity (Wildman–Crippen MR) is 255 cm³/mol. The SMILES string of the molecule is Clc1ccc2c(c1)C1(c3ccccc3-2)C2CC3CC(C2)CC1C3.Clc1ccccc1Nc1ccc2c(c1)C1(c3ccccc3-2)C2CC3CC(C2)CC1C3.Nc1ccccc1Cl. The summed E-state index contributed by atoms with van der Waals surface area (Å²) in [6.07, 6.45) is 14.4. The highest BCUT2D eigenvalue weighted by atomic mass is 35.5. The summed E-state index contributed by atoms with van der Waals surface area (Å²) in [7, 11) is 0. The van der Waals surface area contributed by atoms with Gasteiger partial charge < -0.3 is 11.1 Å². The van der Waals surface area contributed by atoms with Crippen LogP contribution in [-0.4, -0.2) is 0 Å². The Morgan fingerprint density at radius 2 is 0.836 bits per heavy atom. The van der Waals surface area contributed by atoms with Crippen LogP contribution in [0, 0.1) is 47.3 Å². The molecular formula is C56H53Cl3N2. The molecule has 10 aliphatic rings. The molecule has 6 aromatic rings. The van der Waals surface area contributed by atoms with Crippen molar-refractivity contribution in [3.63, 3.8) is 0 Å². The summed E-state index contributed by atoms with van der Waals surface area (Å²) in [5.41, 5.74) is 20.9. The van der Waals surface area contributed by atoms with Crippen LogP contribution >= 0.6 is 34.8 Å². The molecular weight excluding hydrogens is 807 g/mol. The van der Waals surface area contributed by atoms with Crippen molar-refractivity contribution in [2.45, 2.75) is 75.0 Å². The zero-order valence-electron chi connectivity index (χ0n) is 34.6. The number of halogens is 3. The molecule has 8 fully saturated rings. The highest BCUT2D eigenvalue weighted by Crippen LogP contribution is 2.71. The summed E-state index contributed by atoms with van der Waals surface area (Å²) >= 11 is 18.5. The lowest BCUT2D eigenvalue weighted by Crippen LogP contribution is -2.55. The molecule has 10 aliphatic carbocycles. The van der Waals surface area contributed by atoms with Crippen molar-refractivity contribution in [3.05, 3.63) is 171 Å². The van der Waals surface area contributed by atoms with E-state index in [-0.39, 0.29) is 10.8 Å². The van der Waals surface area contributed by atoms with Crippen molar-refractivity contribution in [3.8, 4) is 22.3 Å². The van der Waals surface area contributed by atoms with Crippen molar-refractivity contribution < 1.29 is 0 Å². The molecule has 8 bridgehead atoms. The van der Waals surface area contributed by atoms with E-state index < -0.39 is 0 Å². The van der Waals surface area contributed by atoms with Crippen LogP contribution < -0.4 is 11.1 Å². The number of nitrogens with one attached hydrogen (secondary N) is 1. The standard InChI is InChI=1S/C28H26ClN.C22H21Cl.C6H6ClN/c29-26-7-3-4-8-27(26)30-21-9-10-23-22-5-1-2-6-24(22)28(25(23)16-21)19-12-17-11-18(14-19)15-20(28)13-17;23-17-5-6-19-18-3-1-2-4-20(18)22(21(19)12-17)15-8-13-7-14(10-15)11-16(22)9-13;7-5-3-1-2-4-6(5)8/h1-10,16-20,30H,11-15H2;1-6,12-16H,7-11H2;1-4H,8H2. The Bertz CT molecular complexity index is 2600. The van der Waals surface area contributed by atoms with Crippen LogP contribution in [-0.2, 0) is 10.8 Å². The molecule has 2 spiro atoms. The zero-order chi connectivity index (χ0) is 41.0. The van der Waals surface area contributed by atoms with Gasteiger partial charge in [0.05, 0.1) is 21.4 Å². The summed E-state index contributed by atoms with van der Waals surface area (Å²) in [5, 5.41) is 5.90. The summed E-state index contributed by atoms with van der Waals surface area (Å²) in [5.74, 6) is 7.20. The number of fused-ring (bicyclic) bond motifs is 6. The quantitative estimate of drug-likeness (QED) is 0.170. The molecule has 5 heteroatoms. The molecule has 0 amide bonds. The maximum atomic E-state index is 6.46. The molecule has 6 aromatic carbocycles. The molecule has 0 heterocycles. The van der Waals surface area contributed by atoms with Crippen LogP contribution in [0.1, 0.15) is 86.5 Å². The van der Waals surface area contributed by atoms with Crippen LogP contribution in [0.5, 0.6) is 0 Å². The zero-order valence-corrected chi connectivity index (χ0v) is 36.9. The lowest BCUT2D eigenvalue weighted by Gasteiger charge is -2.61. The Kier molecular flexibility index (Phi) is 9.26. The van der Waals surface area contributed by atoms with E-state index in [2.05, 4.69) is 96.3 Å². The van der Waals surface area contributed by atoms with E-state index in [1.807, 2.05) is 30.3 Å². The Balaban J connectivity index is 0.000000113. The van der Waals surface area contributed by atoms with E-state index in [9.17, 15) is 0 Å². The van der Waals surface area contributed by atoms with E-state index in [0.29, 0.717) is 10.7 Å². The average Bonchev–Trinajstić information content (AvgIpc) is 3.71. The molecule has 0 aromatic heterocycles. The first-order chi connectivity index (χ1) is 29.8. The van der Waals surface area contributed by atoms with Crippen LogP contribution in [0.2, 0.25) is 15.1 Å². The van der Waals surface area contributed by atoms with Crippen LogP contribution in [0.15, 0.2) is 133 Å². The van der Waals surface area contributed by atoms with Crippen molar-refractivity contribution in [1.29, 1.82) is 0 Å². The Morgan fingerprint density at radius 1 is 0.410 bits per heavy atom. The third-order valence-electron chi connectivity index (χ3n) is 17.1. The van der Waals surface area contributed by atoms with Crippen LogP contribution in [0.25, 0.3) is 22.3 Å². The van der Waals surface area contributed by atoms with Gasteiger partial charge in [0.1, 0.15) is 0 Å². The van der Waals surface area contributed by atoms with Gasteiger partial charge >= 0.3 is 0 Å². The van der Waals surface area contributed by atoms with Crippen LogP contribution in [0.4, 0.5) is 17.1 Å². The number of hydrogen-bond acceptors (Lipinski definition) is 2. The monoisotopic (exact) mass is 858 g/mol. The van der Waals surface area contributed by atoms with Crippen molar-refractivity contribution in [2.75, 3.05) is 11.1 Å². The molecule has 0 unspecified atom stereocenters. The fourth-order valence-electron chi connectivity index (χ4n) is 15.5. The van der Waals surface area contributed by atoms with Gasteiger partial charge in [0.2, 0.25) is 0 Å². The smallest absolute Gasteiger partial charge is 0.0640 e. The highest BCUT2D eigenvalue weighted by Gasteiger charge is 2.63. The molecule has 3 N–H and O–H groups in total. The van der Waals surface area contributed by atoms with Gasteiger partial charge in [-0.15, -0.1) is 0 Å².